The van der Waals surface area contributed by atoms with Crippen molar-refractivity contribution in [1.82, 2.24) is 9.88 Å². The van der Waals surface area contributed by atoms with Crippen molar-refractivity contribution in [3.8, 4) is 17.2 Å². The molecule has 0 N–H and O–H groups in total. The van der Waals surface area contributed by atoms with Crippen molar-refractivity contribution in [2.24, 2.45) is 0 Å². The van der Waals surface area contributed by atoms with E-state index in [-0.39, 0.29) is 34.6 Å². The SMILES string of the molecule is COc1ccc(CN(c2nccs2)S(=O)(=O)c2cc(Cl)c(O[C@H]3CCC[C@@H]3N(C)C)cc2F)c(OC)c1. The summed E-state index contributed by atoms with van der Waals surface area (Å²) in [6.07, 6.45) is 4.07. The maximum Gasteiger partial charge on any atom is 0.269 e. The van der Waals surface area contributed by atoms with E-state index in [4.69, 9.17) is 25.8 Å². The van der Waals surface area contributed by atoms with E-state index in [0.717, 1.165) is 47.0 Å². The van der Waals surface area contributed by atoms with Crippen molar-refractivity contribution in [1.29, 1.82) is 0 Å². The number of hydrogen-bond donors (Lipinski definition) is 0. The van der Waals surface area contributed by atoms with Crippen LogP contribution < -0.4 is 18.5 Å². The summed E-state index contributed by atoms with van der Waals surface area (Å²) >= 11 is 7.56. The summed E-state index contributed by atoms with van der Waals surface area (Å²) in [5.74, 6) is 0.137. The molecule has 1 aliphatic carbocycles. The second-order valence-corrected chi connectivity index (χ2v) is 11.9. The molecule has 2 aromatic carbocycles. The van der Waals surface area contributed by atoms with E-state index < -0.39 is 20.7 Å². The molecule has 1 aliphatic rings. The smallest absolute Gasteiger partial charge is 0.269 e. The van der Waals surface area contributed by atoms with Crippen LogP contribution >= 0.6 is 22.9 Å². The first kappa shape index (κ1) is 27.4. The Kier molecular flexibility index (Phi) is 8.47. The van der Waals surface area contributed by atoms with Crippen molar-refractivity contribution in [3.05, 3.63) is 58.3 Å². The molecule has 0 aliphatic heterocycles. The van der Waals surface area contributed by atoms with Crippen molar-refractivity contribution >= 4 is 38.1 Å². The summed E-state index contributed by atoms with van der Waals surface area (Å²) in [5.41, 5.74) is 0.546. The summed E-state index contributed by atoms with van der Waals surface area (Å²) in [4.78, 5) is 5.67. The summed E-state index contributed by atoms with van der Waals surface area (Å²) in [7, 11) is 2.52. The maximum atomic E-state index is 15.4. The Labute approximate surface area is 225 Å². The summed E-state index contributed by atoms with van der Waals surface area (Å²) in [6.45, 7) is -0.148. The van der Waals surface area contributed by atoms with Crippen LogP contribution in [0.1, 0.15) is 24.8 Å². The van der Waals surface area contributed by atoms with Gasteiger partial charge in [-0.05, 0) is 51.6 Å². The molecule has 1 fully saturated rings. The van der Waals surface area contributed by atoms with Crippen LogP contribution in [0.4, 0.5) is 9.52 Å². The Hall–Kier alpha value is -2.60. The number of rotatable bonds is 10. The van der Waals surface area contributed by atoms with E-state index in [1.54, 1.807) is 23.6 Å². The molecule has 8 nitrogen and oxygen atoms in total. The zero-order valence-electron chi connectivity index (χ0n) is 21.0. The van der Waals surface area contributed by atoms with Crippen molar-refractivity contribution in [3.63, 3.8) is 0 Å². The fraction of sp³-hybridized carbons (Fsp3) is 0.400. The Morgan fingerprint density at radius 2 is 1.92 bits per heavy atom. The van der Waals surface area contributed by atoms with Gasteiger partial charge < -0.3 is 19.1 Å². The number of benzene rings is 2. The van der Waals surface area contributed by atoms with E-state index in [1.807, 2.05) is 14.1 Å². The van der Waals surface area contributed by atoms with E-state index in [0.29, 0.717) is 17.1 Å². The lowest BCUT2D eigenvalue weighted by Gasteiger charge is -2.27. The highest BCUT2D eigenvalue weighted by atomic mass is 35.5. The predicted molar refractivity (Wildman–Crippen MR) is 142 cm³/mol. The number of likely N-dealkylation sites (N-methyl/N-ethyl adjacent to an activating group) is 1. The number of thiazole rings is 1. The summed E-state index contributed by atoms with van der Waals surface area (Å²) < 4.78 is 60.8. The average Bonchev–Trinajstić information content (AvgIpc) is 3.56. The number of nitrogens with zero attached hydrogens (tertiary/aromatic N) is 3. The van der Waals surface area contributed by atoms with E-state index in [1.165, 1.54) is 20.4 Å². The van der Waals surface area contributed by atoms with Crippen molar-refractivity contribution in [2.45, 2.75) is 42.8 Å². The highest BCUT2D eigenvalue weighted by Gasteiger charge is 2.34. The number of sulfonamides is 1. The first-order chi connectivity index (χ1) is 17.6. The number of aromatic nitrogens is 1. The zero-order chi connectivity index (χ0) is 26.7. The van der Waals surface area contributed by atoms with Crippen LogP contribution in [0.5, 0.6) is 17.2 Å². The molecule has 12 heteroatoms. The lowest BCUT2D eigenvalue weighted by Crippen LogP contribution is -2.38. The summed E-state index contributed by atoms with van der Waals surface area (Å²) in [6, 6.07) is 7.36. The highest BCUT2D eigenvalue weighted by Crippen LogP contribution is 2.37. The third-order valence-corrected chi connectivity index (χ3v) is 9.31. The number of halogens is 2. The van der Waals surface area contributed by atoms with Gasteiger partial charge in [0.25, 0.3) is 10.0 Å². The van der Waals surface area contributed by atoms with Crippen LogP contribution in [0, 0.1) is 5.82 Å². The Bertz CT molecular complexity index is 1340. The Morgan fingerprint density at radius 1 is 1.14 bits per heavy atom. The normalized spacial score (nSPS) is 17.7. The molecule has 3 aromatic rings. The molecule has 0 amide bonds. The number of hydrogen-bond acceptors (Lipinski definition) is 8. The molecule has 2 atom stereocenters. The molecular weight excluding hydrogens is 541 g/mol. The molecular formula is C25H29ClFN3O5S2. The van der Waals surface area contributed by atoms with Gasteiger partial charge in [0.05, 0.1) is 25.8 Å². The molecule has 1 saturated carbocycles. The van der Waals surface area contributed by atoms with Gasteiger partial charge >= 0.3 is 0 Å². The van der Waals surface area contributed by atoms with E-state index in [2.05, 4.69) is 9.88 Å². The van der Waals surface area contributed by atoms with Crippen LogP contribution in [-0.4, -0.2) is 58.8 Å². The Morgan fingerprint density at radius 3 is 2.57 bits per heavy atom. The van der Waals surface area contributed by atoms with Gasteiger partial charge in [-0.3, -0.25) is 0 Å². The number of anilines is 1. The lowest BCUT2D eigenvalue weighted by molar-refractivity contribution is 0.121. The van der Waals surface area contributed by atoms with Crippen LogP contribution in [-0.2, 0) is 16.6 Å². The molecule has 1 heterocycles. The second-order valence-electron chi connectivity index (χ2n) is 8.84. The Balaban J connectivity index is 1.69. The van der Waals surface area contributed by atoms with Gasteiger partial charge in [-0.2, -0.15) is 0 Å². The second kappa shape index (κ2) is 11.4. The van der Waals surface area contributed by atoms with Gasteiger partial charge in [-0.1, -0.05) is 11.6 Å². The van der Waals surface area contributed by atoms with Gasteiger partial charge in [-0.25, -0.2) is 22.1 Å². The minimum Gasteiger partial charge on any atom is -0.497 e. The fourth-order valence-electron chi connectivity index (χ4n) is 4.45. The maximum absolute atomic E-state index is 15.4. The topological polar surface area (TPSA) is 81.2 Å². The molecule has 0 saturated heterocycles. The van der Waals surface area contributed by atoms with Gasteiger partial charge in [0.2, 0.25) is 0 Å². The van der Waals surface area contributed by atoms with E-state index in [9.17, 15) is 8.42 Å². The van der Waals surface area contributed by atoms with Gasteiger partial charge in [-0.15, -0.1) is 11.3 Å². The third-order valence-electron chi connectivity index (χ3n) is 6.35. The minimum atomic E-state index is -4.41. The number of ether oxygens (including phenoxy) is 3. The largest absolute Gasteiger partial charge is 0.497 e. The van der Waals surface area contributed by atoms with E-state index >= 15 is 4.39 Å². The lowest BCUT2D eigenvalue weighted by atomic mass is 10.2. The van der Waals surface area contributed by atoms with Gasteiger partial charge in [0, 0.05) is 35.3 Å². The fourth-order valence-corrected chi connectivity index (χ4v) is 7.06. The molecule has 0 radical (unpaired) electrons. The zero-order valence-corrected chi connectivity index (χ0v) is 23.4. The first-order valence-corrected chi connectivity index (χ1v) is 14.3. The van der Waals surface area contributed by atoms with Crippen LogP contribution in [0.25, 0.3) is 0 Å². The van der Waals surface area contributed by atoms with Crippen molar-refractivity contribution < 1.29 is 27.0 Å². The standard InChI is InChI=1S/C25H29ClFN3O5S2/c1-29(2)20-6-5-7-21(20)35-23-14-19(27)24(13-18(23)26)37(31,32)30(25-28-10-11-36-25)15-16-8-9-17(33-3)12-22(16)34-4/h8-14,20-21H,5-7,15H2,1-4H3/t20-,21-/m0/s1. The molecule has 1 aromatic heterocycles. The molecule has 200 valence electrons. The van der Waals surface area contributed by atoms with Crippen LogP contribution in [0.15, 0.2) is 46.8 Å². The number of methoxy groups -OCH3 is 2. The average molecular weight is 570 g/mol. The molecule has 4 rings (SSSR count). The third kappa shape index (κ3) is 5.79. The van der Waals surface area contributed by atoms with Crippen LogP contribution in [0.2, 0.25) is 5.02 Å². The summed E-state index contributed by atoms with van der Waals surface area (Å²) in [5, 5.41) is 1.84. The monoisotopic (exact) mass is 569 g/mol. The molecule has 0 spiro atoms. The molecule has 37 heavy (non-hydrogen) atoms. The minimum absolute atomic E-state index is 0.0190. The molecule has 0 bridgehead atoms. The first-order valence-electron chi connectivity index (χ1n) is 11.6. The quantitative estimate of drug-likeness (QED) is 0.331. The van der Waals surface area contributed by atoms with Gasteiger partial charge in [0.15, 0.2) is 5.13 Å². The predicted octanol–water partition coefficient (Wildman–Crippen LogP) is 5.21. The van der Waals surface area contributed by atoms with Crippen molar-refractivity contribution in [2.75, 3.05) is 32.6 Å². The van der Waals surface area contributed by atoms with Crippen LogP contribution in [0.3, 0.4) is 0 Å². The molecule has 0 unspecified atom stereocenters. The highest BCUT2D eigenvalue weighted by molar-refractivity contribution is 7.93. The van der Waals surface area contributed by atoms with Gasteiger partial charge in [0.1, 0.15) is 34.1 Å².